The third-order valence-electron chi connectivity index (χ3n) is 5.04. The second-order valence-electron chi connectivity index (χ2n) is 7.45. The Hall–Kier alpha value is -3.01. The number of nitrogens with zero attached hydrogens (tertiary/aromatic N) is 2. The zero-order valence-corrected chi connectivity index (χ0v) is 19.5. The molecule has 1 fully saturated rings. The Kier molecular flexibility index (Phi) is 10.6. The largest absolute Gasteiger partial charge is 0.492 e. The van der Waals surface area contributed by atoms with Crippen LogP contribution in [0.25, 0.3) is 0 Å². The molecule has 0 aromatic heterocycles. The van der Waals surface area contributed by atoms with Crippen molar-refractivity contribution in [2.75, 3.05) is 38.6 Å². The molecule has 3 aromatic carbocycles. The summed E-state index contributed by atoms with van der Waals surface area (Å²) >= 11 is 1.52. The van der Waals surface area contributed by atoms with Crippen LogP contribution in [-0.4, -0.2) is 43.5 Å². The molecule has 2 aliphatic rings. The molecule has 33 heavy (non-hydrogen) atoms. The van der Waals surface area contributed by atoms with Crippen LogP contribution in [0.4, 0.5) is 4.39 Å². The van der Waals surface area contributed by atoms with E-state index >= 15 is 0 Å². The molecule has 4 nitrogen and oxygen atoms in total. The van der Waals surface area contributed by atoms with Crippen molar-refractivity contribution in [2.24, 2.45) is 0 Å². The molecule has 2 aliphatic heterocycles. The molecule has 5 rings (SSSR count). The van der Waals surface area contributed by atoms with Crippen LogP contribution in [0, 0.1) is 17.1 Å². The van der Waals surface area contributed by atoms with Gasteiger partial charge in [0, 0.05) is 12.3 Å². The SMILES string of the molecule is Fc1cccc2c1SCCO2.N#Cc1ccccc1.c1ccc(OCCN2CCCC2)cc1. The third-order valence-corrected chi connectivity index (χ3v) is 6.09. The molecule has 172 valence electrons. The van der Waals surface area contributed by atoms with Crippen LogP contribution >= 0.6 is 11.8 Å². The Morgan fingerprint density at radius 1 is 0.939 bits per heavy atom. The summed E-state index contributed by atoms with van der Waals surface area (Å²) in [5.74, 6) is 2.33. The molecular formula is C27H29FN2O2S. The number of hydrogen-bond acceptors (Lipinski definition) is 5. The molecule has 0 unspecified atom stereocenters. The van der Waals surface area contributed by atoms with Crippen molar-refractivity contribution >= 4 is 11.8 Å². The highest BCUT2D eigenvalue weighted by Gasteiger charge is 2.14. The second kappa shape index (κ2) is 14.2. The normalized spacial score (nSPS) is 14.3. The lowest BCUT2D eigenvalue weighted by Crippen LogP contribution is -2.25. The van der Waals surface area contributed by atoms with Crippen molar-refractivity contribution in [2.45, 2.75) is 17.7 Å². The van der Waals surface area contributed by atoms with E-state index in [9.17, 15) is 4.39 Å². The standard InChI is InChI=1S/C12H17NO.C8H7FOS.C7H5N/c1-2-6-12(7-3-1)14-11-10-13-8-4-5-9-13;9-6-2-1-3-7-8(6)11-5-4-10-7;8-6-7-4-2-1-3-5-7/h1-3,6-7H,4-5,8-11H2;1-3H,4-5H2;1-5H. The number of ether oxygens (including phenoxy) is 2. The average molecular weight is 465 g/mol. The summed E-state index contributed by atoms with van der Waals surface area (Å²) in [6.07, 6.45) is 2.71. The van der Waals surface area contributed by atoms with Crippen LogP contribution in [0.3, 0.4) is 0 Å². The van der Waals surface area contributed by atoms with Gasteiger partial charge in [-0.1, -0.05) is 42.5 Å². The minimum absolute atomic E-state index is 0.174. The van der Waals surface area contributed by atoms with Crippen molar-refractivity contribution in [1.82, 2.24) is 4.90 Å². The fraction of sp³-hybridized carbons (Fsp3) is 0.296. The smallest absolute Gasteiger partial charge is 0.140 e. The summed E-state index contributed by atoms with van der Waals surface area (Å²) in [6.45, 7) is 5.05. The molecule has 6 heteroatoms. The van der Waals surface area contributed by atoms with E-state index in [1.807, 2.05) is 54.6 Å². The summed E-state index contributed by atoms with van der Waals surface area (Å²) in [6, 6.07) is 26.1. The maximum atomic E-state index is 13.0. The molecule has 3 aromatic rings. The Morgan fingerprint density at radius 2 is 1.64 bits per heavy atom. The molecule has 0 spiro atoms. The van der Waals surface area contributed by atoms with Crippen molar-refractivity contribution < 1.29 is 13.9 Å². The maximum Gasteiger partial charge on any atom is 0.140 e. The molecule has 2 heterocycles. The fourth-order valence-electron chi connectivity index (χ4n) is 3.37. The number of halogens is 1. The molecule has 0 bridgehead atoms. The highest BCUT2D eigenvalue weighted by Crippen LogP contribution is 2.34. The minimum Gasteiger partial charge on any atom is -0.492 e. The topological polar surface area (TPSA) is 45.5 Å². The molecule has 1 saturated heterocycles. The van der Waals surface area contributed by atoms with Gasteiger partial charge >= 0.3 is 0 Å². The van der Waals surface area contributed by atoms with Crippen LogP contribution in [0.1, 0.15) is 18.4 Å². The first kappa shape index (κ1) is 24.6. The van der Waals surface area contributed by atoms with E-state index in [1.165, 1.54) is 43.8 Å². The van der Waals surface area contributed by atoms with Crippen LogP contribution in [-0.2, 0) is 0 Å². The van der Waals surface area contributed by atoms with Gasteiger partial charge in [0.2, 0.25) is 0 Å². The highest BCUT2D eigenvalue weighted by molar-refractivity contribution is 7.99. The molecule has 0 atom stereocenters. The van der Waals surface area contributed by atoms with Gasteiger partial charge in [-0.2, -0.15) is 5.26 Å². The lowest BCUT2D eigenvalue weighted by Gasteiger charge is -2.16. The number of hydrogen-bond donors (Lipinski definition) is 0. The summed E-state index contributed by atoms with van der Waals surface area (Å²) < 4.78 is 23.8. The van der Waals surface area contributed by atoms with Crippen molar-refractivity contribution in [3.05, 3.63) is 90.2 Å². The van der Waals surface area contributed by atoms with E-state index in [1.54, 1.807) is 24.3 Å². The molecular weight excluding hydrogens is 435 g/mol. The number of para-hydroxylation sites is 1. The van der Waals surface area contributed by atoms with Gasteiger partial charge in [-0.25, -0.2) is 4.39 Å². The first-order valence-electron chi connectivity index (χ1n) is 11.2. The fourth-order valence-corrected chi connectivity index (χ4v) is 4.21. The molecule has 0 aliphatic carbocycles. The van der Waals surface area contributed by atoms with E-state index < -0.39 is 0 Å². The maximum absolute atomic E-state index is 13.0. The van der Waals surface area contributed by atoms with Crippen molar-refractivity contribution in [3.63, 3.8) is 0 Å². The van der Waals surface area contributed by atoms with Gasteiger partial charge in [0.05, 0.1) is 23.1 Å². The summed E-state index contributed by atoms with van der Waals surface area (Å²) in [7, 11) is 0. The Bertz CT molecular complexity index is 990. The Balaban J connectivity index is 0.000000145. The Labute approximate surface area is 199 Å². The number of likely N-dealkylation sites (tertiary alicyclic amines) is 1. The van der Waals surface area contributed by atoms with Crippen LogP contribution in [0.5, 0.6) is 11.5 Å². The van der Waals surface area contributed by atoms with E-state index in [-0.39, 0.29) is 5.82 Å². The van der Waals surface area contributed by atoms with Gasteiger partial charge in [-0.3, -0.25) is 4.90 Å². The third kappa shape index (κ3) is 8.80. The van der Waals surface area contributed by atoms with Gasteiger partial charge in [0.15, 0.2) is 0 Å². The Morgan fingerprint density at radius 3 is 2.27 bits per heavy atom. The first-order chi connectivity index (χ1) is 16.3. The molecule has 0 radical (unpaired) electrons. The van der Waals surface area contributed by atoms with Crippen molar-refractivity contribution in [3.8, 4) is 17.6 Å². The average Bonchev–Trinajstić information content (AvgIpc) is 3.40. The quantitative estimate of drug-likeness (QED) is 0.472. The predicted molar refractivity (Wildman–Crippen MR) is 131 cm³/mol. The highest BCUT2D eigenvalue weighted by atomic mass is 32.2. The van der Waals surface area contributed by atoms with Crippen LogP contribution in [0.2, 0.25) is 0 Å². The van der Waals surface area contributed by atoms with E-state index in [4.69, 9.17) is 14.7 Å². The number of benzene rings is 3. The van der Waals surface area contributed by atoms with Gasteiger partial charge in [-0.05, 0) is 62.3 Å². The lowest BCUT2D eigenvalue weighted by atomic mass is 10.2. The molecule has 0 amide bonds. The molecule has 0 N–H and O–H groups in total. The number of fused-ring (bicyclic) bond motifs is 1. The lowest BCUT2D eigenvalue weighted by molar-refractivity contribution is 0.238. The summed E-state index contributed by atoms with van der Waals surface area (Å²) in [4.78, 5) is 3.11. The summed E-state index contributed by atoms with van der Waals surface area (Å²) in [5.41, 5.74) is 0.715. The van der Waals surface area contributed by atoms with Gasteiger partial charge in [-0.15, -0.1) is 11.8 Å². The van der Waals surface area contributed by atoms with Crippen molar-refractivity contribution in [1.29, 1.82) is 5.26 Å². The zero-order valence-electron chi connectivity index (χ0n) is 18.7. The minimum atomic E-state index is -0.174. The monoisotopic (exact) mass is 464 g/mol. The van der Waals surface area contributed by atoms with Gasteiger partial charge < -0.3 is 9.47 Å². The van der Waals surface area contributed by atoms with Crippen LogP contribution in [0.15, 0.2) is 83.8 Å². The number of rotatable bonds is 4. The van der Waals surface area contributed by atoms with Gasteiger partial charge in [0.1, 0.15) is 23.9 Å². The number of nitriles is 1. The second-order valence-corrected chi connectivity index (χ2v) is 8.56. The predicted octanol–water partition coefficient (Wildman–Crippen LogP) is 6.03. The zero-order chi connectivity index (χ0) is 23.1. The molecule has 0 saturated carbocycles. The number of thioether (sulfide) groups is 1. The first-order valence-corrected chi connectivity index (χ1v) is 12.1. The van der Waals surface area contributed by atoms with E-state index in [0.717, 1.165) is 24.7 Å². The van der Waals surface area contributed by atoms with E-state index in [0.29, 0.717) is 22.8 Å². The van der Waals surface area contributed by atoms with E-state index in [2.05, 4.69) is 4.90 Å². The van der Waals surface area contributed by atoms with Gasteiger partial charge in [0.25, 0.3) is 0 Å². The van der Waals surface area contributed by atoms with Crippen LogP contribution < -0.4 is 9.47 Å². The summed E-state index contributed by atoms with van der Waals surface area (Å²) in [5, 5.41) is 8.29.